The lowest BCUT2D eigenvalue weighted by Crippen LogP contribution is -2.27. The van der Waals surface area contributed by atoms with Crippen molar-refractivity contribution in [2.45, 2.75) is 25.9 Å². The monoisotopic (exact) mass is 317 g/mol. The molecule has 0 aliphatic heterocycles. The lowest BCUT2D eigenvalue weighted by Gasteiger charge is -2.10. The van der Waals surface area contributed by atoms with Crippen LogP contribution in [-0.2, 0) is 4.79 Å². The number of ketones is 1. The van der Waals surface area contributed by atoms with Gasteiger partial charge in [-0.3, -0.25) is 9.59 Å². The Hall–Kier alpha value is -2.07. The zero-order valence-corrected chi connectivity index (χ0v) is 12.9. The second-order valence-corrected chi connectivity index (χ2v) is 5.92. The maximum atomic E-state index is 12.3. The number of ether oxygens (including phenoxy) is 1. The summed E-state index contributed by atoms with van der Waals surface area (Å²) in [5, 5.41) is 4.68. The predicted molar refractivity (Wildman–Crippen MR) is 85.6 cm³/mol. The Balaban J connectivity index is 1.98. The highest BCUT2D eigenvalue weighted by molar-refractivity contribution is 6.32. The van der Waals surface area contributed by atoms with Gasteiger partial charge in [0.05, 0.1) is 12.6 Å². The molecule has 1 N–H and O–H groups in total. The minimum absolute atomic E-state index is 0.0432. The zero-order chi connectivity index (χ0) is 15.7. The van der Waals surface area contributed by atoms with Crippen LogP contribution in [0.4, 0.5) is 0 Å². The maximum absolute atomic E-state index is 12.3. The van der Waals surface area contributed by atoms with Crippen molar-refractivity contribution in [3.05, 3.63) is 40.9 Å². The van der Waals surface area contributed by atoms with E-state index in [9.17, 15) is 9.59 Å². The number of fused-ring (bicyclic) bond motifs is 1. The van der Waals surface area contributed by atoms with Crippen LogP contribution in [0.3, 0.4) is 0 Å². The second kappa shape index (κ2) is 5.97. The summed E-state index contributed by atoms with van der Waals surface area (Å²) in [5.41, 5.74) is 0.498. The number of carbonyl (C=O) groups is 2. The molecule has 1 saturated carbocycles. The summed E-state index contributed by atoms with van der Waals surface area (Å²) in [4.78, 5) is 23.3. The van der Waals surface area contributed by atoms with Gasteiger partial charge in [-0.05, 0) is 47.9 Å². The van der Waals surface area contributed by atoms with E-state index < -0.39 is 0 Å². The number of carbonyl (C=O) groups excluding carboxylic acids is 2. The number of halogens is 1. The Morgan fingerprint density at radius 3 is 2.73 bits per heavy atom. The molecule has 0 unspecified atom stereocenters. The van der Waals surface area contributed by atoms with Gasteiger partial charge in [-0.1, -0.05) is 17.7 Å². The third-order valence-corrected chi connectivity index (χ3v) is 3.73. The van der Waals surface area contributed by atoms with Crippen molar-refractivity contribution in [2.75, 3.05) is 6.54 Å². The van der Waals surface area contributed by atoms with E-state index in [0.29, 0.717) is 16.7 Å². The highest BCUT2D eigenvalue weighted by Crippen LogP contribution is 2.31. The quantitative estimate of drug-likeness (QED) is 0.860. The smallest absolute Gasteiger partial charge is 0.217 e. The lowest BCUT2D eigenvalue weighted by atomic mass is 10.0. The molecule has 0 radical (unpaired) electrons. The van der Waals surface area contributed by atoms with Crippen LogP contribution in [0, 0.1) is 0 Å². The van der Waals surface area contributed by atoms with E-state index in [4.69, 9.17) is 16.3 Å². The first kappa shape index (κ1) is 14.9. The van der Waals surface area contributed by atoms with Gasteiger partial charge < -0.3 is 10.1 Å². The Kier molecular flexibility index (Phi) is 4.03. The van der Waals surface area contributed by atoms with Crippen LogP contribution in [0.5, 0.6) is 5.75 Å². The molecule has 4 nitrogen and oxygen atoms in total. The second-order valence-electron chi connectivity index (χ2n) is 5.49. The van der Waals surface area contributed by atoms with Gasteiger partial charge in [-0.15, -0.1) is 0 Å². The van der Waals surface area contributed by atoms with E-state index in [-0.39, 0.29) is 18.2 Å². The van der Waals surface area contributed by atoms with Crippen molar-refractivity contribution < 1.29 is 14.3 Å². The van der Waals surface area contributed by atoms with E-state index in [0.717, 1.165) is 29.4 Å². The maximum Gasteiger partial charge on any atom is 0.217 e. The first-order chi connectivity index (χ1) is 10.5. The Morgan fingerprint density at radius 2 is 2.05 bits per heavy atom. The first-order valence-corrected chi connectivity index (χ1v) is 7.58. The van der Waals surface area contributed by atoms with Crippen LogP contribution in [0.1, 0.15) is 30.1 Å². The van der Waals surface area contributed by atoms with Crippen LogP contribution in [0.2, 0.25) is 5.02 Å². The summed E-state index contributed by atoms with van der Waals surface area (Å²) >= 11 is 6.09. The minimum Gasteiger partial charge on any atom is -0.490 e. The Labute approximate surface area is 133 Å². The largest absolute Gasteiger partial charge is 0.490 e. The van der Waals surface area contributed by atoms with Crippen molar-refractivity contribution >= 4 is 34.1 Å². The molecular weight excluding hydrogens is 302 g/mol. The fourth-order valence-corrected chi connectivity index (χ4v) is 2.51. The highest BCUT2D eigenvalue weighted by Gasteiger charge is 2.23. The van der Waals surface area contributed by atoms with Crippen LogP contribution >= 0.6 is 11.6 Å². The van der Waals surface area contributed by atoms with Gasteiger partial charge in [0.1, 0.15) is 5.75 Å². The first-order valence-electron chi connectivity index (χ1n) is 7.20. The third kappa shape index (κ3) is 3.39. The summed E-state index contributed by atoms with van der Waals surface area (Å²) in [5.74, 6) is 0.342. The number of rotatable bonds is 5. The molecule has 0 aromatic heterocycles. The molecule has 1 fully saturated rings. The fraction of sp³-hybridized carbons (Fsp3) is 0.294. The van der Waals surface area contributed by atoms with Crippen LogP contribution in [-0.4, -0.2) is 24.3 Å². The SMILES string of the molecule is CC(=O)NCC(=O)c1cc(Cl)cc2ccc(OC3CC3)cc12. The van der Waals surface area contributed by atoms with E-state index in [1.165, 1.54) is 6.92 Å². The lowest BCUT2D eigenvalue weighted by molar-refractivity contribution is -0.118. The molecule has 3 rings (SSSR count). The molecule has 0 spiro atoms. The van der Waals surface area contributed by atoms with Crippen molar-refractivity contribution in [2.24, 2.45) is 0 Å². The number of benzene rings is 2. The molecule has 1 aliphatic carbocycles. The zero-order valence-electron chi connectivity index (χ0n) is 12.2. The number of amides is 1. The van der Waals surface area contributed by atoms with Gasteiger partial charge in [0.25, 0.3) is 0 Å². The molecule has 2 aromatic rings. The summed E-state index contributed by atoms with van der Waals surface area (Å²) in [7, 11) is 0. The minimum atomic E-state index is -0.238. The van der Waals surface area contributed by atoms with E-state index in [2.05, 4.69) is 5.32 Å². The van der Waals surface area contributed by atoms with Crippen LogP contribution in [0.15, 0.2) is 30.3 Å². The topological polar surface area (TPSA) is 55.4 Å². The molecule has 0 saturated heterocycles. The predicted octanol–water partition coefficient (Wildman–Crippen LogP) is 3.35. The number of nitrogens with one attached hydrogen (secondary N) is 1. The van der Waals surface area contributed by atoms with Gasteiger partial charge in [0.15, 0.2) is 5.78 Å². The number of hydrogen-bond donors (Lipinski definition) is 1. The average molecular weight is 318 g/mol. The normalized spacial score (nSPS) is 13.9. The molecular formula is C17H16ClNO3. The molecule has 22 heavy (non-hydrogen) atoms. The summed E-state index contributed by atoms with van der Waals surface area (Å²) in [6.07, 6.45) is 2.45. The Bertz CT molecular complexity index is 753. The summed E-state index contributed by atoms with van der Waals surface area (Å²) in [6, 6.07) is 9.10. The third-order valence-electron chi connectivity index (χ3n) is 3.52. The molecule has 114 valence electrons. The van der Waals surface area contributed by atoms with E-state index in [1.54, 1.807) is 6.07 Å². The standard InChI is InChI=1S/C17H16ClNO3/c1-10(20)19-9-17(21)16-7-12(18)6-11-2-3-14(8-15(11)16)22-13-4-5-13/h2-3,6-8,13H,4-5,9H2,1H3,(H,19,20). The molecule has 1 amide bonds. The van der Waals surface area contributed by atoms with E-state index in [1.807, 2.05) is 24.3 Å². The molecule has 1 aliphatic rings. The van der Waals surface area contributed by atoms with Gasteiger partial charge in [-0.2, -0.15) is 0 Å². The van der Waals surface area contributed by atoms with Gasteiger partial charge in [-0.25, -0.2) is 0 Å². The van der Waals surface area contributed by atoms with Crippen molar-refractivity contribution in [3.8, 4) is 5.75 Å². The molecule has 0 bridgehead atoms. The number of hydrogen-bond acceptors (Lipinski definition) is 3. The molecule has 0 atom stereocenters. The summed E-state index contributed by atoms with van der Waals surface area (Å²) < 4.78 is 5.78. The van der Waals surface area contributed by atoms with Crippen molar-refractivity contribution in [1.82, 2.24) is 5.32 Å². The molecule has 2 aromatic carbocycles. The highest BCUT2D eigenvalue weighted by atomic mass is 35.5. The number of Topliss-reactive ketones (excluding diaryl/α,β-unsaturated/α-hetero) is 1. The average Bonchev–Trinajstić information content (AvgIpc) is 3.28. The van der Waals surface area contributed by atoms with Crippen molar-refractivity contribution in [1.29, 1.82) is 0 Å². The van der Waals surface area contributed by atoms with Crippen molar-refractivity contribution in [3.63, 3.8) is 0 Å². The van der Waals surface area contributed by atoms with Crippen LogP contribution in [0.25, 0.3) is 10.8 Å². The van der Waals surface area contributed by atoms with Gasteiger partial charge in [0.2, 0.25) is 5.91 Å². The Morgan fingerprint density at radius 1 is 1.27 bits per heavy atom. The van der Waals surface area contributed by atoms with Gasteiger partial charge >= 0.3 is 0 Å². The fourth-order valence-electron chi connectivity index (χ4n) is 2.28. The van der Waals surface area contributed by atoms with Crippen LogP contribution < -0.4 is 10.1 Å². The van der Waals surface area contributed by atoms with Gasteiger partial charge in [0, 0.05) is 17.5 Å². The van der Waals surface area contributed by atoms with E-state index >= 15 is 0 Å². The molecule has 5 heteroatoms. The summed E-state index contributed by atoms with van der Waals surface area (Å²) in [6.45, 7) is 1.34. The molecule has 0 heterocycles.